The van der Waals surface area contributed by atoms with Gasteiger partial charge in [-0.05, 0) is 48.4 Å². The molecule has 0 spiro atoms. The molecule has 2 aromatic carbocycles. The van der Waals surface area contributed by atoms with E-state index in [4.69, 9.17) is 25.8 Å². The zero-order valence-corrected chi connectivity index (χ0v) is 16.7. The van der Waals surface area contributed by atoms with Crippen molar-refractivity contribution in [3.05, 3.63) is 47.0 Å². The molecule has 0 aliphatic rings. The van der Waals surface area contributed by atoms with Gasteiger partial charge in [-0.3, -0.25) is 0 Å². The molecule has 0 aromatic heterocycles. The monoisotopic (exact) mass is 399 g/mol. The maximum Gasteiger partial charge on any atom is 0.242 e. The Morgan fingerprint density at radius 2 is 1.50 bits per heavy atom. The van der Waals surface area contributed by atoms with E-state index in [0.29, 0.717) is 35.2 Å². The third-order valence-corrected chi connectivity index (χ3v) is 6.08. The summed E-state index contributed by atoms with van der Waals surface area (Å²) < 4.78 is 42.5. The number of likely N-dealkylation sites (N-methyl/N-ethyl adjacent to an activating group) is 1. The maximum absolute atomic E-state index is 12.6. The predicted octanol–water partition coefficient (Wildman–Crippen LogP) is 3.23. The Morgan fingerprint density at radius 3 is 1.96 bits per heavy atom. The number of hydrogen-bond donors (Lipinski definition) is 0. The minimum atomic E-state index is -3.58. The number of sulfonamides is 1. The summed E-state index contributed by atoms with van der Waals surface area (Å²) in [5.41, 5.74) is 0.873. The van der Waals surface area contributed by atoms with Gasteiger partial charge in [0.15, 0.2) is 11.5 Å². The first kappa shape index (κ1) is 20.4. The van der Waals surface area contributed by atoms with Gasteiger partial charge in [0.25, 0.3) is 0 Å². The molecule has 0 heterocycles. The molecule has 0 amide bonds. The Labute approximate surface area is 159 Å². The van der Waals surface area contributed by atoms with Gasteiger partial charge in [0.2, 0.25) is 15.8 Å². The lowest BCUT2D eigenvalue weighted by Gasteiger charge is -2.18. The van der Waals surface area contributed by atoms with E-state index in [1.807, 2.05) is 12.1 Å². The summed E-state index contributed by atoms with van der Waals surface area (Å²) in [4.78, 5) is 0.203. The molecule has 26 heavy (non-hydrogen) atoms. The van der Waals surface area contributed by atoms with Gasteiger partial charge in [0.05, 0.1) is 26.2 Å². The third kappa shape index (κ3) is 4.41. The van der Waals surface area contributed by atoms with Crippen molar-refractivity contribution in [1.29, 1.82) is 0 Å². The second-order valence-electron chi connectivity index (χ2n) is 5.56. The second kappa shape index (κ2) is 8.62. The van der Waals surface area contributed by atoms with Crippen molar-refractivity contribution in [2.75, 3.05) is 34.9 Å². The summed E-state index contributed by atoms with van der Waals surface area (Å²) in [6.07, 6.45) is 0.486. The van der Waals surface area contributed by atoms with Crippen LogP contribution in [0.15, 0.2) is 41.3 Å². The first-order chi connectivity index (χ1) is 12.3. The zero-order valence-electron chi connectivity index (χ0n) is 15.2. The fraction of sp³-hybridized carbons (Fsp3) is 0.333. The molecule has 8 heteroatoms. The molecule has 0 aliphatic heterocycles. The van der Waals surface area contributed by atoms with Crippen molar-refractivity contribution in [2.45, 2.75) is 11.3 Å². The quantitative estimate of drug-likeness (QED) is 0.681. The lowest BCUT2D eigenvalue weighted by molar-refractivity contribution is 0.323. The summed E-state index contributed by atoms with van der Waals surface area (Å²) in [5.74, 6) is 1.57. The Balaban J connectivity index is 2.18. The second-order valence-corrected chi connectivity index (χ2v) is 8.05. The summed E-state index contributed by atoms with van der Waals surface area (Å²) in [7, 11) is 2.57. The molecule has 2 rings (SSSR count). The highest BCUT2D eigenvalue weighted by Crippen LogP contribution is 2.38. The smallest absolute Gasteiger partial charge is 0.242 e. The highest BCUT2D eigenvalue weighted by molar-refractivity contribution is 7.89. The van der Waals surface area contributed by atoms with Crippen LogP contribution in [0.2, 0.25) is 5.02 Å². The van der Waals surface area contributed by atoms with Crippen molar-refractivity contribution < 1.29 is 22.6 Å². The molecular formula is C18H22ClNO5S. The largest absolute Gasteiger partial charge is 0.493 e. The molecule has 0 fully saturated rings. The van der Waals surface area contributed by atoms with E-state index in [0.717, 1.165) is 5.56 Å². The van der Waals surface area contributed by atoms with E-state index in [9.17, 15) is 8.42 Å². The van der Waals surface area contributed by atoms with E-state index < -0.39 is 10.0 Å². The normalized spacial score (nSPS) is 11.5. The average Bonchev–Trinajstić information content (AvgIpc) is 2.65. The van der Waals surface area contributed by atoms with Crippen LogP contribution in [0.1, 0.15) is 5.56 Å². The van der Waals surface area contributed by atoms with Crippen LogP contribution in [0.3, 0.4) is 0 Å². The van der Waals surface area contributed by atoms with Crippen LogP contribution in [0, 0.1) is 0 Å². The van der Waals surface area contributed by atoms with E-state index >= 15 is 0 Å². The van der Waals surface area contributed by atoms with Crippen LogP contribution < -0.4 is 14.2 Å². The Kier molecular flexibility index (Phi) is 6.75. The van der Waals surface area contributed by atoms with Gasteiger partial charge in [-0.2, -0.15) is 0 Å². The van der Waals surface area contributed by atoms with Crippen LogP contribution in [-0.2, 0) is 16.4 Å². The van der Waals surface area contributed by atoms with Crippen molar-refractivity contribution in [1.82, 2.24) is 4.31 Å². The van der Waals surface area contributed by atoms with Crippen molar-refractivity contribution in [3.8, 4) is 17.2 Å². The van der Waals surface area contributed by atoms with E-state index in [1.54, 1.807) is 19.2 Å². The van der Waals surface area contributed by atoms with Crippen LogP contribution in [0.5, 0.6) is 17.2 Å². The minimum absolute atomic E-state index is 0.203. The highest BCUT2D eigenvalue weighted by atomic mass is 35.5. The highest BCUT2D eigenvalue weighted by Gasteiger charge is 2.21. The van der Waals surface area contributed by atoms with Crippen molar-refractivity contribution in [3.63, 3.8) is 0 Å². The van der Waals surface area contributed by atoms with Crippen molar-refractivity contribution in [2.24, 2.45) is 0 Å². The lowest BCUT2D eigenvalue weighted by Crippen LogP contribution is -2.29. The molecule has 0 saturated carbocycles. The first-order valence-electron chi connectivity index (χ1n) is 7.84. The van der Waals surface area contributed by atoms with Crippen LogP contribution in [0.25, 0.3) is 0 Å². The first-order valence-corrected chi connectivity index (χ1v) is 9.66. The van der Waals surface area contributed by atoms with Crippen LogP contribution in [-0.4, -0.2) is 47.6 Å². The van der Waals surface area contributed by atoms with Gasteiger partial charge in [0, 0.05) is 18.6 Å². The number of ether oxygens (including phenoxy) is 3. The maximum atomic E-state index is 12.6. The Bertz CT molecular complexity index is 827. The Hall–Kier alpha value is -1.96. The zero-order chi connectivity index (χ0) is 19.3. The molecule has 0 saturated heterocycles. The number of methoxy groups -OCH3 is 3. The fourth-order valence-electron chi connectivity index (χ4n) is 2.47. The Morgan fingerprint density at radius 1 is 0.962 bits per heavy atom. The summed E-state index contributed by atoms with van der Waals surface area (Å²) in [5, 5.41) is 0.490. The van der Waals surface area contributed by atoms with Crippen LogP contribution >= 0.6 is 11.6 Å². The van der Waals surface area contributed by atoms with Gasteiger partial charge in [0.1, 0.15) is 0 Å². The van der Waals surface area contributed by atoms with Crippen LogP contribution in [0.4, 0.5) is 0 Å². The molecule has 0 bridgehead atoms. The topological polar surface area (TPSA) is 65.1 Å². The van der Waals surface area contributed by atoms with E-state index in [1.165, 1.54) is 37.8 Å². The number of nitrogens with zero attached hydrogens (tertiary/aromatic N) is 1. The molecule has 142 valence electrons. The molecule has 0 atom stereocenters. The number of halogens is 1. The summed E-state index contributed by atoms with van der Waals surface area (Å²) >= 11 is 5.82. The van der Waals surface area contributed by atoms with Gasteiger partial charge in [-0.15, -0.1) is 0 Å². The SMILES string of the molecule is COc1cc(CCN(C)S(=O)(=O)c2ccc(Cl)cc2)cc(OC)c1OC. The number of hydrogen-bond acceptors (Lipinski definition) is 5. The average molecular weight is 400 g/mol. The van der Waals surface area contributed by atoms with Gasteiger partial charge in [-0.25, -0.2) is 12.7 Å². The number of benzene rings is 2. The van der Waals surface area contributed by atoms with Gasteiger partial charge in [-0.1, -0.05) is 11.6 Å². The van der Waals surface area contributed by atoms with Gasteiger partial charge < -0.3 is 14.2 Å². The molecule has 0 unspecified atom stereocenters. The molecular weight excluding hydrogens is 378 g/mol. The molecule has 6 nitrogen and oxygen atoms in total. The molecule has 0 aliphatic carbocycles. The van der Waals surface area contributed by atoms with Crippen molar-refractivity contribution >= 4 is 21.6 Å². The van der Waals surface area contributed by atoms with Gasteiger partial charge >= 0.3 is 0 Å². The molecule has 2 aromatic rings. The molecule has 0 radical (unpaired) electrons. The minimum Gasteiger partial charge on any atom is -0.493 e. The lowest BCUT2D eigenvalue weighted by atomic mass is 10.1. The van der Waals surface area contributed by atoms with E-state index in [2.05, 4.69) is 0 Å². The summed E-state index contributed by atoms with van der Waals surface area (Å²) in [6.45, 7) is 0.295. The standard InChI is InChI=1S/C18H22ClNO5S/c1-20(26(21,22)15-7-5-14(19)6-8-15)10-9-13-11-16(23-2)18(25-4)17(12-13)24-3/h5-8,11-12H,9-10H2,1-4H3. The third-order valence-electron chi connectivity index (χ3n) is 3.96. The number of rotatable bonds is 8. The summed E-state index contributed by atoms with van der Waals surface area (Å²) in [6, 6.07) is 9.72. The fourth-order valence-corrected chi connectivity index (χ4v) is 3.77. The predicted molar refractivity (Wildman–Crippen MR) is 101 cm³/mol. The van der Waals surface area contributed by atoms with E-state index in [-0.39, 0.29) is 4.90 Å². The molecule has 0 N–H and O–H groups in total.